The van der Waals surface area contributed by atoms with Crippen molar-refractivity contribution in [2.75, 3.05) is 19.7 Å². The number of hydrogen-bond donors (Lipinski definition) is 0. The van der Waals surface area contributed by atoms with Crippen LogP contribution in [0.5, 0.6) is 11.8 Å². The highest BCUT2D eigenvalue weighted by atomic mass is 79.9. The van der Waals surface area contributed by atoms with Crippen molar-refractivity contribution in [3.63, 3.8) is 0 Å². The van der Waals surface area contributed by atoms with Gasteiger partial charge in [0.1, 0.15) is 16.7 Å². The number of halogens is 1. The van der Waals surface area contributed by atoms with Gasteiger partial charge in [-0.1, -0.05) is 12.1 Å². The average Bonchev–Trinajstić information content (AvgIpc) is 2.64. The third-order valence-electron chi connectivity index (χ3n) is 3.98. The Morgan fingerprint density at radius 1 is 1.27 bits per heavy atom. The highest BCUT2D eigenvalue weighted by Gasteiger charge is 2.33. The van der Waals surface area contributed by atoms with Gasteiger partial charge in [0.05, 0.1) is 17.6 Å². The third-order valence-corrected chi connectivity index (χ3v) is 6.29. The molecule has 1 aromatic carbocycles. The molecule has 9 heteroatoms. The van der Waals surface area contributed by atoms with Crippen LogP contribution >= 0.6 is 15.9 Å². The Bertz CT molecular complexity index is 845. The van der Waals surface area contributed by atoms with E-state index in [9.17, 15) is 8.42 Å². The van der Waals surface area contributed by atoms with Crippen molar-refractivity contribution in [3.8, 4) is 11.8 Å². The molecule has 0 radical (unpaired) electrons. The lowest BCUT2D eigenvalue weighted by Gasteiger charge is -2.31. The molecule has 2 heterocycles. The molecule has 26 heavy (non-hydrogen) atoms. The first-order chi connectivity index (χ1) is 12.5. The lowest BCUT2D eigenvalue weighted by Crippen LogP contribution is -2.44. The van der Waals surface area contributed by atoms with Crippen LogP contribution in [0, 0.1) is 0 Å². The van der Waals surface area contributed by atoms with E-state index >= 15 is 0 Å². The summed E-state index contributed by atoms with van der Waals surface area (Å²) in [6.45, 7) is 2.93. The minimum Gasteiger partial charge on any atom is -0.492 e. The van der Waals surface area contributed by atoms with Gasteiger partial charge < -0.3 is 9.47 Å². The maximum absolute atomic E-state index is 13.1. The van der Waals surface area contributed by atoms with E-state index in [2.05, 4.69) is 25.9 Å². The fourth-order valence-electron chi connectivity index (χ4n) is 2.81. The summed E-state index contributed by atoms with van der Waals surface area (Å²) in [6.07, 6.45) is 4.35. The van der Waals surface area contributed by atoms with Gasteiger partial charge in [-0.3, -0.25) is 0 Å². The van der Waals surface area contributed by atoms with E-state index in [0.29, 0.717) is 25.3 Å². The smallest absolute Gasteiger partial charge is 0.316 e. The molecule has 1 aromatic heterocycles. The molecule has 140 valence electrons. The van der Waals surface area contributed by atoms with Gasteiger partial charge in [-0.2, -0.15) is 4.31 Å². The Labute approximate surface area is 161 Å². The molecule has 7 nitrogen and oxygen atoms in total. The summed E-state index contributed by atoms with van der Waals surface area (Å²) in [7, 11) is -3.67. The Balaban J connectivity index is 1.77. The quantitative estimate of drug-likeness (QED) is 0.685. The summed E-state index contributed by atoms with van der Waals surface area (Å²) in [6, 6.07) is 6.94. The summed E-state index contributed by atoms with van der Waals surface area (Å²) >= 11 is 3.27. The second-order valence-corrected chi connectivity index (χ2v) is 8.63. The van der Waals surface area contributed by atoms with Crippen molar-refractivity contribution in [1.29, 1.82) is 0 Å². The topological polar surface area (TPSA) is 81.6 Å². The van der Waals surface area contributed by atoms with Crippen LogP contribution < -0.4 is 9.47 Å². The van der Waals surface area contributed by atoms with E-state index < -0.39 is 10.0 Å². The molecule has 1 fully saturated rings. The van der Waals surface area contributed by atoms with Crippen molar-refractivity contribution in [2.45, 2.75) is 30.8 Å². The number of benzene rings is 1. The van der Waals surface area contributed by atoms with Gasteiger partial charge in [0, 0.05) is 18.9 Å². The van der Waals surface area contributed by atoms with Gasteiger partial charge in [0.25, 0.3) is 0 Å². The molecular weight excluding hydrogens is 422 g/mol. The largest absolute Gasteiger partial charge is 0.492 e. The van der Waals surface area contributed by atoms with Crippen molar-refractivity contribution in [1.82, 2.24) is 14.3 Å². The van der Waals surface area contributed by atoms with Crippen molar-refractivity contribution in [2.24, 2.45) is 0 Å². The fourth-order valence-corrected chi connectivity index (χ4v) is 4.65. The molecule has 0 amide bonds. The standard InChI is InChI=1S/C17H20BrN3O4S/c1-2-24-15-7-3-4-8-16(15)26(22,23)21-9-5-6-14(12-21)25-17-19-10-13(18)11-20-17/h3-4,7-8,10-11,14H,2,5-6,9,12H2,1H3. The number of aromatic nitrogens is 2. The lowest BCUT2D eigenvalue weighted by atomic mass is 10.1. The molecule has 0 N–H and O–H groups in total. The number of piperidine rings is 1. The van der Waals surface area contributed by atoms with Gasteiger partial charge in [0.15, 0.2) is 0 Å². The van der Waals surface area contributed by atoms with Crippen LogP contribution in [0.1, 0.15) is 19.8 Å². The molecule has 1 unspecified atom stereocenters. The molecule has 3 rings (SSSR count). The Hall–Kier alpha value is -1.71. The number of rotatable bonds is 6. The Morgan fingerprint density at radius 2 is 2.00 bits per heavy atom. The maximum Gasteiger partial charge on any atom is 0.316 e. The predicted molar refractivity (Wildman–Crippen MR) is 99.8 cm³/mol. The molecule has 1 saturated heterocycles. The first kappa shape index (κ1) is 19.1. The van der Waals surface area contributed by atoms with Crippen LogP contribution in [-0.4, -0.2) is 48.5 Å². The maximum atomic E-state index is 13.1. The lowest BCUT2D eigenvalue weighted by molar-refractivity contribution is 0.119. The first-order valence-electron chi connectivity index (χ1n) is 8.37. The monoisotopic (exact) mass is 441 g/mol. The summed E-state index contributed by atoms with van der Waals surface area (Å²) in [5.74, 6) is 0.370. The average molecular weight is 442 g/mol. The van der Waals surface area contributed by atoms with Gasteiger partial charge in [-0.15, -0.1) is 0 Å². The van der Waals surface area contributed by atoms with Crippen LogP contribution in [0.25, 0.3) is 0 Å². The number of para-hydroxylation sites is 1. The molecule has 0 saturated carbocycles. The SMILES string of the molecule is CCOc1ccccc1S(=O)(=O)N1CCCC(Oc2ncc(Br)cn2)C1. The van der Waals surface area contributed by atoms with Gasteiger partial charge in [-0.25, -0.2) is 18.4 Å². The Kier molecular flexibility index (Phi) is 6.10. The predicted octanol–water partition coefficient (Wildman–Crippen LogP) is 2.87. The summed E-state index contributed by atoms with van der Waals surface area (Å²) in [5.41, 5.74) is 0. The number of nitrogens with zero attached hydrogens (tertiary/aromatic N) is 3. The van der Waals surface area contributed by atoms with E-state index in [4.69, 9.17) is 9.47 Å². The van der Waals surface area contributed by atoms with E-state index in [1.807, 2.05) is 6.92 Å². The molecule has 1 atom stereocenters. The van der Waals surface area contributed by atoms with Gasteiger partial charge >= 0.3 is 6.01 Å². The van der Waals surface area contributed by atoms with Crippen molar-refractivity contribution in [3.05, 3.63) is 41.1 Å². The summed E-state index contributed by atoms with van der Waals surface area (Å²) in [5, 5.41) is 0. The molecular formula is C17H20BrN3O4S. The molecule has 0 aliphatic carbocycles. The van der Waals surface area contributed by atoms with Gasteiger partial charge in [0.2, 0.25) is 10.0 Å². The van der Waals surface area contributed by atoms with Crippen LogP contribution in [0.4, 0.5) is 0 Å². The zero-order valence-corrected chi connectivity index (χ0v) is 16.7. The fraction of sp³-hybridized carbons (Fsp3) is 0.412. The Morgan fingerprint density at radius 3 is 2.73 bits per heavy atom. The summed E-state index contributed by atoms with van der Waals surface area (Å²) in [4.78, 5) is 8.36. The van der Waals surface area contributed by atoms with Crippen molar-refractivity contribution < 1.29 is 17.9 Å². The van der Waals surface area contributed by atoms with Crippen LogP contribution in [0.2, 0.25) is 0 Å². The first-order valence-corrected chi connectivity index (χ1v) is 10.6. The summed E-state index contributed by atoms with van der Waals surface area (Å²) < 4.78 is 39.6. The van der Waals surface area contributed by atoms with Crippen molar-refractivity contribution >= 4 is 26.0 Å². The highest BCUT2D eigenvalue weighted by molar-refractivity contribution is 9.10. The second-order valence-electron chi connectivity index (χ2n) is 5.81. The van der Waals surface area contributed by atoms with Crippen LogP contribution in [-0.2, 0) is 10.0 Å². The molecule has 0 spiro atoms. The van der Waals surface area contributed by atoms with Gasteiger partial charge in [-0.05, 0) is 47.8 Å². The van der Waals surface area contributed by atoms with E-state index in [-0.39, 0.29) is 23.6 Å². The second kappa shape index (κ2) is 8.32. The highest BCUT2D eigenvalue weighted by Crippen LogP contribution is 2.29. The third kappa shape index (κ3) is 4.33. The molecule has 1 aliphatic rings. The van der Waals surface area contributed by atoms with E-state index in [1.54, 1.807) is 36.7 Å². The zero-order valence-electron chi connectivity index (χ0n) is 14.3. The number of ether oxygens (including phenoxy) is 2. The number of hydrogen-bond acceptors (Lipinski definition) is 6. The van der Waals surface area contributed by atoms with E-state index in [1.165, 1.54) is 4.31 Å². The van der Waals surface area contributed by atoms with Crippen LogP contribution in [0.3, 0.4) is 0 Å². The molecule has 0 bridgehead atoms. The molecule has 1 aliphatic heterocycles. The normalized spacial score (nSPS) is 18.5. The minimum absolute atomic E-state index is 0.183. The molecule has 2 aromatic rings. The van der Waals surface area contributed by atoms with E-state index in [0.717, 1.165) is 10.9 Å². The minimum atomic E-state index is -3.67. The van der Waals surface area contributed by atoms with Crippen LogP contribution in [0.15, 0.2) is 46.0 Å². The number of sulfonamides is 1. The zero-order chi connectivity index (χ0) is 18.6.